The highest BCUT2D eigenvalue weighted by molar-refractivity contribution is 6.13. The molecule has 4 heteroatoms. The molecule has 20 heavy (non-hydrogen) atoms. The third-order valence-corrected chi connectivity index (χ3v) is 4.09. The van der Waals surface area contributed by atoms with Gasteiger partial charge in [-0.1, -0.05) is 0 Å². The van der Waals surface area contributed by atoms with Gasteiger partial charge in [0.25, 0.3) is 0 Å². The van der Waals surface area contributed by atoms with Crippen LogP contribution in [0.3, 0.4) is 0 Å². The van der Waals surface area contributed by atoms with Crippen LogP contribution in [0.1, 0.15) is 34.5 Å². The van der Waals surface area contributed by atoms with Crippen LogP contribution in [0.15, 0.2) is 27.4 Å². The predicted octanol–water partition coefficient (Wildman–Crippen LogP) is 3.10. The van der Waals surface area contributed by atoms with Gasteiger partial charge >= 0.3 is 5.63 Å². The molecule has 1 N–H and O–H groups in total. The van der Waals surface area contributed by atoms with E-state index in [0.717, 1.165) is 46.0 Å². The number of carbonyl (C=O) groups excluding carboxylic acids is 1. The molecule has 0 bridgehead atoms. The van der Waals surface area contributed by atoms with Gasteiger partial charge in [-0.3, -0.25) is 4.79 Å². The van der Waals surface area contributed by atoms with Crippen molar-refractivity contribution in [3.63, 3.8) is 0 Å². The number of aryl methyl sites for hydroxylation is 2. The Bertz CT molecular complexity index is 930. The van der Waals surface area contributed by atoms with E-state index in [1.165, 1.54) is 6.07 Å². The number of Topliss-reactive ketones (excluding diaryl/α,β-unsaturated/α-hetero) is 1. The number of aromatic nitrogens is 1. The van der Waals surface area contributed by atoms with Crippen LogP contribution < -0.4 is 5.63 Å². The molecule has 0 unspecified atom stereocenters. The lowest BCUT2D eigenvalue weighted by Gasteiger charge is -2.10. The molecule has 2 aromatic heterocycles. The molecule has 100 valence electrons. The minimum atomic E-state index is -0.350. The Kier molecular flexibility index (Phi) is 2.19. The van der Waals surface area contributed by atoms with Crippen molar-refractivity contribution in [1.82, 2.24) is 4.98 Å². The Labute approximate surface area is 114 Å². The molecule has 0 spiro atoms. The summed E-state index contributed by atoms with van der Waals surface area (Å²) in [5, 5.41) is 1.93. The summed E-state index contributed by atoms with van der Waals surface area (Å²) in [5.74, 6) is 0.174. The predicted molar refractivity (Wildman–Crippen MR) is 76.3 cm³/mol. The Morgan fingerprint density at radius 1 is 1.20 bits per heavy atom. The summed E-state index contributed by atoms with van der Waals surface area (Å²) in [5.41, 5.74) is 4.00. The first-order chi connectivity index (χ1) is 9.65. The SMILES string of the molecule is Cc1cc2oc(=O)ccc2c2c3c([nH]c12)C(=O)CCC3. The topological polar surface area (TPSA) is 63.1 Å². The van der Waals surface area contributed by atoms with E-state index in [1.807, 2.05) is 13.0 Å². The highest BCUT2D eigenvalue weighted by Crippen LogP contribution is 2.35. The first-order valence-corrected chi connectivity index (χ1v) is 6.76. The quantitative estimate of drug-likeness (QED) is 0.636. The summed E-state index contributed by atoms with van der Waals surface area (Å²) in [6, 6.07) is 5.07. The summed E-state index contributed by atoms with van der Waals surface area (Å²) < 4.78 is 5.28. The Hall–Kier alpha value is -2.36. The normalized spacial score (nSPS) is 14.9. The molecule has 1 aromatic carbocycles. The summed E-state index contributed by atoms with van der Waals surface area (Å²) in [4.78, 5) is 26.7. The Morgan fingerprint density at radius 3 is 2.90 bits per heavy atom. The van der Waals surface area contributed by atoms with Crippen molar-refractivity contribution in [2.24, 2.45) is 0 Å². The van der Waals surface area contributed by atoms with Gasteiger partial charge in [0, 0.05) is 23.3 Å². The van der Waals surface area contributed by atoms with E-state index in [-0.39, 0.29) is 11.4 Å². The van der Waals surface area contributed by atoms with Crippen molar-refractivity contribution < 1.29 is 9.21 Å². The minimum absolute atomic E-state index is 0.174. The summed E-state index contributed by atoms with van der Waals surface area (Å²) in [7, 11) is 0. The van der Waals surface area contributed by atoms with Crippen molar-refractivity contribution in [3.05, 3.63) is 45.4 Å². The molecule has 4 rings (SSSR count). The van der Waals surface area contributed by atoms with Crippen LogP contribution in [0.2, 0.25) is 0 Å². The highest BCUT2D eigenvalue weighted by atomic mass is 16.4. The molecule has 1 aliphatic rings. The van der Waals surface area contributed by atoms with Gasteiger partial charge in [-0.2, -0.15) is 0 Å². The van der Waals surface area contributed by atoms with Gasteiger partial charge in [-0.25, -0.2) is 4.79 Å². The zero-order chi connectivity index (χ0) is 13.9. The molecule has 4 nitrogen and oxygen atoms in total. The Balaban J connectivity index is 2.25. The first-order valence-electron chi connectivity index (χ1n) is 6.76. The number of ketones is 1. The number of fused-ring (bicyclic) bond motifs is 5. The molecule has 0 saturated heterocycles. The number of H-pyrrole nitrogens is 1. The zero-order valence-corrected chi connectivity index (χ0v) is 11.1. The summed E-state index contributed by atoms with van der Waals surface area (Å²) in [6.07, 6.45) is 2.37. The molecule has 0 radical (unpaired) electrons. The van der Waals surface area contributed by atoms with Gasteiger partial charge < -0.3 is 9.40 Å². The van der Waals surface area contributed by atoms with Crippen LogP contribution in [0.4, 0.5) is 0 Å². The maximum Gasteiger partial charge on any atom is 0.336 e. The lowest BCUT2D eigenvalue weighted by molar-refractivity contribution is 0.0968. The van der Waals surface area contributed by atoms with Gasteiger partial charge in [0.1, 0.15) is 5.58 Å². The molecular weight excluding hydrogens is 254 g/mol. The van der Waals surface area contributed by atoms with E-state index in [1.54, 1.807) is 6.07 Å². The fraction of sp³-hybridized carbons (Fsp3) is 0.250. The number of rotatable bonds is 0. The van der Waals surface area contributed by atoms with Crippen molar-refractivity contribution in [2.75, 3.05) is 0 Å². The molecule has 0 saturated carbocycles. The average Bonchev–Trinajstić information content (AvgIpc) is 2.80. The molecule has 1 aliphatic carbocycles. The number of carbonyl (C=O) groups is 1. The summed E-state index contributed by atoms with van der Waals surface area (Å²) >= 11 is 0. The smallest absolute Gasteiger partial charge is 0.336 e. The standard InChI is InChI=1S/C16H13NO3/c1-8-7-12-9(5-6-13(19)20-12)14-10-3-2-4-11(18)16(10)17-15(8)14/h5-7,17H,2-4H2,1H3. The van der Waals surface area contributed by atoms with Crippen molar-refractivity contribution in [3.8, 4) is 0 Å². The van der Waals surface area contributed by atoms with Gasteiger partial charge in [0.15, 0.2) is 5.78 Å². The average molecular weight is 267 g/mol. The first kappa shape index (κ1) is 11.5. The van der Waals surface area contributed by atoms with Crippen LogP contribution in [-0.4, -0.2) is 10.8 Å². The van der Waals surface area contributed by atoms with Crippen molar-refractivity contribution in [2.45, 2.75) is 26.2 Å². The lowest BCUT2D eigenvalue weighted by atomic mass is 9.93. The highest BCUT2D eigenvalue weighted by Gasteiger charge is 2.24. The van der Waals surface area contributed by atoms with Crippen LogP contribution in [0.5, 0.6) is 0 Å². The van der Waals surface area contributed by atoms with E-state index >= 15 is 0 Å². The lowest BCUT2D eigenvalue weighted by Crippen LogP contribution is -2.09. The van der Waals surface area contributed by atoms with Crippen molar-refractivity contribution >= 4 is 27.7 Å². The monoisotopic (exact) mass is 267 g/mol. The van der Waals surface area contributed by atoms with Crippen LogP contribution in [0, 0.1) is 6.92 Å². The number of benzene rings is 1. The molecule has 0 fully saturated rings. The fourth-order valence-electron chi connectivity index (χ4n) is 3.18. The molecule has 3 aromatic rings. The molecule has 0 amide bonds. The van der Waals surface area contributed by atoms with Crippen LogP contribution in [-0.2, 0) is 6.42 Å². The molecule has 0 aliphatic heterocycles. The third kappa shape index (κ3) is 1.42. The Morgan fingerprint density at radius 2 is 2.05 bits per heavy atom. The maximum atomic E-state index is 12.1. The largest absolute Gasteiger partial charge is 0.423 e. The van der Waals surface area contributed by atoms with Crippen LogP contribution >= 0.6 is 0 Å². The number of aromatic amines is 1. The van der Waals surface area contributed by atoms with Crippen molar-refractivity contribution in [1.29, 1.82) is 0 Å². The minimum Gasteiger partial charge on any atom is -0.423 e. The third-order valence-electron chi connectivity index (χ3n) is 4.09. The second-order valence-corrected chi connectivity index (χ2v) is 5.36. The molecule has 2 heterocycles. The maximum absolute atomic E-state index is 12.1. The van der Waals surface area contributed by atoms with Gasteiger partial charge in [-0.05, 0) is 43.0 Å². The molecule has 0 atom stereocenters. The zero-order valence-electron chi connectivity index (χ0n) is 11.1. The molecular formula is C16H13NO3. The van der Waals surface area contributed by atoms with E-state index in [2.05, 4.69) is 4.98 Å². The van der Waals surface area contributed by atoms with Crippen LogP contribution in [0.25, 0.3) is 21.9 Å². The van der Waals surface area contributed by atoms with Gasteiger partial charge in [0.2, 0.25) is 0 Å². The number of hydrogen-bond donors (Lipinski definition) is 1. The second-order valence-electron chi connectivity index (χ2n) is 5.36. The number of hydrogen-bond acceptors (Lipinski definition) is 3. The van der Waals surface area contributed by atoms with E-state index < -0.39 is 0 Å². The summed E-state index contributed by atoms with van der Waals surface area (Å²) in [6.45, 7) is 1.96. The fourth-order valence-corrected chi connectivity index (χ4v) is 3.18. The number of nitrogens with one attached hydrogen (secondary N) is 1. The van der Waals surface area contributed by atoms with E-state index in [9.17, 15) is 9.59 Å². The van der Waals surface area contributed by atoms with E-state index in [0.29, 0.717) is 12.0 Å². The second kappa shape index (κ2) is 3.82. The van der Waals surface area contributed by atoms with Gasteiger partial charge in [-0.15, -0.1) is 0 Å². The van der Waals surface area contributed by atoms with E-state index in [4.69, 9.17) is 4.42 Å². The van der Waals surface area contributed by atoms with Gasteiger partial charge in [0.05, 0.1) is 11.2 Å².